The van der Waals surface area contributed by atoms with Gasteiger partial charge in [0.05, 0.1) is 5.75 Å². The van der Waals surface area contributed by atoms with E-state index in [1.165, 1.54) is 0 Å². The third-order valence-corrected chi connectivity index (χ3v) is 5.74. The maximum absolute atomic E-state index is 12.7. The Morgan fingerprint density at radius 1 is 1.33 bits per heavy atom. The number of benzene rings is 1. The summed E-state index contributed by atoms with van der Waals surface area (Å²) in [6.45, 7) is 3.58. The third-order valence-electron chi connectivity index (χ3n) is 3.97. The second-order valence-electron chi connectivity index (χ2n) is 6.69. The van der Waals surface area contributed by atoms with E-state index in [-0.39, 0.29) is 29.6 Å². The smallest absolute Gasteiger partial charge is 0.303 e. The average Bonchev–Trinajstić information content (AvgIpc) is 2.88. The highest BCUT2D eigenvalue weighted by Crippen LogP contribution is 2.29. The van der Waals surface area contributed by atoms with Gasteiger partial charge in [-0.05, 0) is 38.2 Å². The van der Waals surface area contributed by atoms with Gasteiger partial charge >= 0.3 is 5.97 Å². The van der Waals surface area contributed by atoms with Gasteiger partial charge in [0.15, 0.2) is 14.9 Å². The van der Waals surface area contributed by atoms with Crippen molar-refractivity contribution in [1.82, 2.24) is 0 Å². The Morgan fingerprint density at radius 3 is 2.54 bits per heavy atom. The molecule has 0 saturated carbocycles. The van der Waals surface area contributed by atoms with Gasteiger partial charge in [0, 0.05) is 12.8 Å². The summed E-state index contributed by atoms with van der Waals surface area (Å²) in [7, 11) is -3.55. The Bertz CT molecular complexity index is 710. The zero-order valence-corrected chi connectivity index (χ0v) is 14.8. The van der Waals surface area contributed by atoms with Gasteiger partial charge in [0.1, 0.15) is 5.60 Å². The van der Waals surface area contributed by atoms with Gasteiger partial charge in [-0.3, -0.25) is 4.79 Å². The Kier molecular flexibility index (Phi) is 5.64. The van der Waals surface area contributed by atoms with Gasteiger partial charge in [-0.2, -0.15) is 0 Å². The number of oxime groups is 1. The SMILES string of the molecule is CC1(C)CC(S(=O)(=O)CC(CCCC(=O)O)c2ccccc2)=NO1. The Morgan fingerprint density at radius 2 is 2.00 bits per heavy atom. The standard InChI is InChI=1S/C17H23NO5S/c1-17(2)11-15(18-23-17)24(21,22)12-14(9-6-10-16(19)20)13-7-4-3-5-8-13/h3-5,7-8,14H,6,9-12H2,1-2H3,(H,19,20). The van der Waals surface area contributed by atoms with Crippen LogP contribution in [0.3, 0.4) is 0 Å². The van der Waals surface area contributed by atoms with E-state index < -0.39 is 21.4 Å². The fraction of sp³-hybridized carbons (Fsp3) is 0.529. The van der Waals surface area contributed by atoms with Crippen molar-refractivity contribution in [1.29, 1.82) is 0 Å². The molecule has 6 nitrogen and oxygen atoms in total. The van der Waals surface area contributed by atoms with E-state index >= 15 is 0 Å². The first-order chi connectivity index (χ1) is 11.2. The van der Waals surface area contributed by atoms with Gasteiger partial charge in [-0.1, -0.05) is 35.5 Å². The lowest BCUT2D eigenvalue weighted by Gasteiger charge is -2.17. The Balaban J connectivity index is 2.14. The number of carbonyl (C=O) groups is 1. The summed E-state index contributed by atoms with van der Waals surface area (Å²) in [5.74, 6) is -1.23. The van der Waals surface area contributed by atoms with Crippen molar-refractivity contribution in [2.45, 2.75) is 51.0 Å². The summed E-state index contributed by atoms with van der Waals surface area (Å²) < 4.78 is 25.3. The van der Waals surface area contributed by atoms with Crippen LogP contribution in [0.25, 0.3) is 0 Å². The zero-order valence-electron chi connectivity index (χ0n) is 13.9. The molecule has 0 aromatic heterocycles. The molecule has 132 valence electrons. The number of hydrogen-bond acceptors (Lipinski definition) is 5. The summed E-state index contributed by atoms with van der Waals surface area (Å²) >= 11 is 0. The largest absolute Gasteiger partial charge is 0.481 e. The minimum atomic E-state index is -3.55. The van der Waals surface area contributed by atoms with Crippen molar-refractivity contribution in [3.8, 4) is 0 Å². The first kappa shape index (κ1) is 18.4. The molecule has 1 aliphatic heterocycles. The average molecular weight is 353 g/mol. The van der Waals surface area contributed by atoms with Gasteiger partial charge in [-0.25, -0.2) is 8.42 Å². The van der Waals surface area contributed by atoms with Crippen LogP contribution < -0.4 is 0 Å². The molecule has 1 heterocycles. The van der Waals surface area contributed by atoms with Crippen LogP contribution in [-0.4, -0.2) is 35.9 Å². The van der Waals surface area contributed by atoms with Crippen molar-refractivity contribution >= 4 is 20.9 Å². The quantitative estimate of drug-likeness (QED) is 0.813. The van der Waals surface area contributed by atoms with Crippen LogP contribution in [-0.2, 0) is 19.5 Å². The molecular weight excluding hydrogens is 330 g/mol. The zero-order chi connectivity index (χ0) is 17.8. The van der Waals surface area contributed by atoms with Crippen LogP contribution in [0.15, 0.2) is 35.5 Å². The number of nitrogens with zero attached hydrogens (tertiary/aromatic N) is 1. The molecule has 1 aromatic rings. The van der Waals surface area contributed by atoms with Crippen molar-refractivity contribution in [3.63, 3.8) is 0 Å². The van der Waals surface area contributed by atoms with E-state index in [1.54, 1.807) is 13.8 Å². The van der Waals surface area contributed by atoms with Gasteiger partial charge in [0.25, 0.3) is 0 Å². The Hall–Kier alpha value is -1.89. The maximum Gasteiger partial charge on any atom is 0.303 e. The molecule has 24 heavy (non-hydrogen) atoms. The number of aliphatic carboxylic acids is 1. The summed E-state index contributed by atoms with van der Waals surface area (Å²) in [5, 5.41) is 12.6. The number of carboxylic acid groups (broad SMARTS) is 1. The van der Waals surface area contributed by atoms with Crippen molar-refractivity contribution < 1.29 is 23.2 Å². The second-order valence-corrected chi connectivity index (χ2v) is 8.72. The van der Waals surface area contributed by atoms with Crippen LogP contribution in [0, 0.1) is 0 Å². The van der Waals surface area contributed by atoms with Crippen molar-refractivity contribution in [2.75, 3.05) is 5.75 Å². The summed E-state index contributed by atoms with van der Waals surface area (Å²) in [6, 6.07) is 9.32. The minimum absolute atomic E-state index is 0.0282. The molecule has 1 aromatic carbocycles. The first-order valence-corrected chi connectivity index (χ1v) is 9.59. The molecule has 0 amide bonds. The molecule has 1 unspecified atom stereocenters. The number of hydrogen-bond donors (Lipinski definition) is 1. The van der Waals surface area contributed by atoms with E-state index in [4.69, 9.17) is 9.94 Å². The molecule has 2 rings (SSSR count). The Labute approximate surface area is 142 Å². The molecule has 0 aliphatic carbocycles. The lowest BCUT2D eigenvalue weighted by molar-refractivity contribution is -0.137. The topological polar surface area (TPSA) is 93.0 Å². The number of rotatable bonds is 7. The molecule has 1 atom stereocenters. The lowest BCUT2D eigenvalue weighted by Crippen LogP contribution is -2.26. The molecule has 7 heteroatoms. The normalized spacial score (nSPS) is 17.8. The van der Waals surface area contributed by atoms with E-state index in [0.717, 1.165) is 5.56 Å². The van der Waals surface area contributed by atoms with E-state index in [1.807, 2.05) is 30.3 Å². The molecule has 0 spiro atoms. The molecule has 0 saturated heterocycles. The predicted molar refractivity (Wildman–Crippen MR) is 91.7 cm³/mol. The fourth-order valence-electron chi connectivity index (χ4n) is 2.70. The molecule has 0 fully saturated rings. The number of sulfone groups is 1. The maximum atomic E-state index is 12.7. The highest BCUT2D eigenvalue weighted by Gasteiger charge is 2.37. The van der Waals surface area contributed by atoms with Crippen LogP contribution in [0.1, 0.15) is 51.0 Å². The van der Waals surface area contributed by atoms with Crippen LogP contribution in [0.2, 0.25) is 0 Å². The molecule has 0 radical (unpaired) electrons. The fourth-order valence-corrected chi connectivity index (χ4v) is 4.50. The minimum Gasteiger partial charge on any atom is -0.481 e. The second kappa shape index (κ2) is 7.34. The third kappa shape index (κ3) is 5.06. The predicted octanol–water partition coefficient (Wildman–Crippen LogP) is 2.95. The van der Waals surface area contributed by atoms with Crippen LogP contribution >= 0.6 is 0 Å². The van der Waals surface area contributed by atoms with Crippen molar-refractivity contribution in [2.24, 2.45) is 5.16 Å². The summed E-state index contributed by atoms with van der Waals surface area (Å²) in [6.07, 6.45) is 1.21. The summed E-state index contributed by atoms with van der Waals surface area (Å²) in [5.41, 5.74) is 0.291. The molecular formula is C17H23NO5S. The monoisotopic (exact) mass is 353 g/mol. The van der Waals surface area contributed by atoms with E-state index in [9.17, 15) is 13.2 Å². The molecule has 1 aliphatic rings. The van der Waals surface area contributed by atoms with Crippen LogP contribution in [0.5, 0.6) is 0 Å². The highest BCUT2D eigenvalue weighted by atomic mass is 32.2. The van der Waals surface area contributed by atoms with Crippen molar-refractivity contribution in [3.05, 3.63) is 35.9 Å². The number of carboxylic acids is 1. The summed E-state index contributed by atoms with van der Waals surface area (Å²) in [4.78, 5) is 15.9. The van der Waals surface area contributed by atoms with Gasteiger partial charge in [-0.15, -0.1) is 0 Å². The van der Waals surface area contributed by atoms with Gasteiger partial charge < -0.3 is 9.94 Å². The van der Waals surface area contributed by atoms with Crippen LogP contribution in [0.4, 0.5) is 0 Å². The van der Waals surface area contributed by atoms with E-state index in [0.29, 0.717) is 12.8 Å². The molecule has 0 bridgehead atoms. The molecule has 1 N–H and O–H groups in total. The first-order valence-electron chi connectivity index (χ1n) is 7.94. The van der Waals surface area contributed by atoms with Gasteiger partial charge in [0.2, 0.25) is 0 Å². The van der Waals surface area contributed by atoms with E-state index in [2.05, 4.69) is 5.16 Å². The lowest BCUT2D eigenvalue weighted by atomic mass is 9.95. The highest BCUT2D eigenvalue weighted by molar-refractivity contribution is 8.06.